The minimum Gasteiger partial charge on any atom is -0.453 e. The van der Waals surface area contributed by atoms with E-state index in [0.29, 0.717) is 13.1 Å². The highest BCUT2D eigenvalue weighted by Gasteiger charge is 2.41. The van der Waals surface area contributed by atoms with Gasteiger partial charge in [-0.15, -0.1) is 0 Å². The summed E-state index contributed by atoms with van der Waals surface area (Å²) in [7, 11) is 2.59. The Morgan fingerprint density at radius 2 is 0.968 bits per heavy atom. The molecule has 0 aliphatic carbocycles. The van der Waals surface area contributed by atoms with Crippen molar-refractivity contribution in [3.05, 3.63) is 84.4 Å². The minimum atomic E-state index is -0.704. The fraction of sp³-hybridized carbons (Fsp3) is 0.417. The molecule has 8 rings (SSSR count). The van der Waals surface area contributed by atoms with Crippen molar-refractivity contribution >= 4 is 56.8 Å². The van der Waals surface area contributed by atoms with Gasteiger partial charge in [0, 0.05) is 13.1 Å². The van der Waals surface area contributed by atoms with Crippen molar-refractivity contribution < 1.29 is 28.7 Å². The predicted molar refractivity (Wildman–Crippen MR) is 239 cm³/mol. The number of imidazole rings is 2. The first-order valence-electron chi connectivity index (χ1n) is 21.5. The molecule has 0 radical (unpaired) electrons. The van der Waals surface area contributed by atoms with Gasteiger partial charge in [-0.25, -0.2) is 19.6 Å². The molecule has 2 fully saturated rings. The van der Waals surface area contributed by atoms with Gasteiger partial charge in [0.05, 0.1) is 48.4 Å². The van der Waals surface area contributed by atoms with Crippen LogP contribution in [0.5, 0.6) is 0 Å². The third-order valence-electron chi connectivity index (χ3n) is 12.5. The van der Waals surface area contributed by atoms with E-state index in [1.54, 1.807) is 0 Å². The zero-order chi connectivity index (χ0) is 44.0. The molecule has 14 nitrogen and oxygen atoms in total. The number of aromatic nitrogens is 4. The van der Waals surface area contributed by atoms with Gasteiger partial charge in [0.15, 0.2) is 0 Å². The highest BCUT2D eigenvalue weighted by molar-refractivity contribution is 5.93. The Morgan fingerprint density at radius 3 is 1.34 bits per heavy atom. The Hall–Kier alpha value is -6.44. The summed E-state index contributed by atoms with van der Waals surface area (Å²) in [4.78, 5) is 72.4. The third-order valence-corrected chi connectivity index (χ3v) is 12.5. The lowest BCUT2D eigenvalue weighted by Crippen LogP contribution is -2.51. The number of ether oxygens (including phenoxy) is 2. The lowest BCUT2D eigenvalue weighted by atomic mass is 9.97. The second kappa shape index (κ2) is 17.1. The molecule has 4 aromatic carbocycles. The van der Waals surface area contributed by atoms with Crippen LogP contribution in [-0.2, 0) is 19.1 Å². The third kappa shape index (κ3) is 8.29. The predicted octanol–water partition coefficient (Wildman–Crippen LogP) is 8.51. The molecule has 2 aliphatic rings. The van der Waals surface area contributed by atoms with Crippen LogP contribution < -0.4 is 10.6 Å². The van der Waals surface area contributed by atoms with E-state index in [-0.39, 0.29) is 47.6 Å². The number of nitrogens with zero attached hydrogens (tertiary/aromatic N) is 4. The number of amides is 4. The number of carbonyl (C=O) groups is 4. The number of fused-ring (bicyclic) bond motifs is 3. The van der Waals surface area contributed by atoms with E-state index in [1.165, 1.54) is 14.2 Å². The van der Waals surface area contributed by atoms with Gasteiger partial charge in [-0.05, 0) is 106 Å². The first-order valence-corrected chi connectivity index (χ1v) is 21.5. The fourth-order valence-electron chi connectivity index (χ4n) is 9.19. The summed E-state index contributed by atoms with van der Waals surface area (Å²) in [5, 5.41) is 7.68. The summed E-state index contributed by atoms with van der Waals surface area (Å²) in [6.07, 6.45) is 0.286. The summed E-state index contributed by atoms with van der Waals surface area (Å²) in [6.45, 7) is 13.1. The monoisotopic (exact) mass is 840 g/mol. The number of likely N-dealkylation sites (tertiary alicyclic amines) is 2. The maximum Gasteiger partial charge on any atom is 0.407 e. The molecular formula is C48H56N8O6. The molecule has 0 spiro atoms. The van der Waals surface area contributed by atoms with Crippen LogP contribution in [0.1, 0.15) is 78.1 Å². The van der Waals surface area contributed by atoms with E-state index in [4.69, 9.17) is 19.4 Å². The molecule has 4 heterocycles. The van der Waals surface area contributed by atoms with Crippen LogP contribution >= 0.6 is 0 Å². The molecule has 4 amide bonds. The molecule has 6 atom stereocenters. The fourth-order valence-corrected chi connectivity index (χ4v) is 9.19. The molecule has 0 unspecified atom stereocenters. The molecule has 4 N–H and O–H groups in total. The second-order valence-corrected chi connectivity index (χ2v) is 17.9. The van der Waals surface area contributed by atoms with Gasteiger partial charge in [0.2, 0.25) is 11.8 Å². The molecule has 0 saturated carbocycles. The Bertz CT molecular complexity index is 2490. The van der Waals surface area contributed by atoms with Crippen molar-refractivity contribution in [3.63, 3.8) is 0 Å². The second-order valence-electron chi connectivity index (χ2n) is 17.9. The first-order chi connectivity index (χ1) is 29.7. The highest BCUT2D eigenvalue weighted by atomic mass is 16.5. The van der Waals surface area contributed by atoms with Crippen molar-refractivity contribution in [2.45, 2.75) is 78.6 Å². The van der Waals surface area contributed by atoms with Crippen LogP contribution in [0, 0.1) is 23.7 Å². The lowest BCUT2D eigenvalue weighted by Gasteiger charge is -2.30. The Labute approximate surface area is 361 Å². The number of aromatic amines is 2. The van der Waals surface area contributed by atoms with E-state index in [9.17, 15) is 19.2 Å². The Morgan fingerprint density at radius 1 is 0.597 bits per heavy atom. The van der Waals surface area contributed by atoms with Crippen molar-refractivity contribution in [3.8, 4) is 22.3 Å². The molecule has 2 aromatic heterocycles. The number of hydrogen-bond donors (Lipinski definition) is 4. The largest absolute Gasteiger partial charge is 0.453 e. The van der Waals surface area contributed by atoms with Crippen molar-refractivity contribution in [2.24, 2.45) is 23.7 Å². The Kier molecular flexibility index (Phi) is 11.7. The normalized spacial score (nSPS) is 20.0. The maximum absolute atomic E-state index is 13.8. The van der Waals surface area contributed by atoms with Gasteiger partial charge >= 0.3 is 12.2 Å². The summed E-state index contributed by atoms with van der Waals surface area (Å²) in [5.41, 5.74) is 7.67. The van der Waals surface area contributed by atoms with Gasteiger partial charge in [0.25, 0.3) is 0 Å². The van der Waals surface area contributed by atoms with Crippen molar-refractivity contribution in [2.75, 3.05) is 27.3 Å². The van der Waals surface area contributed by atoms with E-state index in [1.807, 2.05) is 49.6 Å². The SMILES string of the molecule is COC(=O)N[C@H](C(=O)N1C[C@@H](C)C[C@H]1c1nc2ccc(-c3ccc4cc(-c5ccc6nc([C@@H]7C[C@H](C)CN7C(=O)[C@@H](NC(=O)OC)C(C)C)[nH]c6c5)ccc4c3)cc2[nH]1)C(C)C. The molecule has 324 valence electrons. The lowest BCUT2D eigenvalue weighted by molar-refractivity contribution is -0.136. The van der Waals surface area contributed by atoms with E-state index < -0.39 is 24.3 Å². The zero-order valence-electron chi connectivity index (χ0n) is 36.6. The average molecular weight is 841 g/mol. The molecular weight excluding hydrogens is 785 g/mol. The number of rotatable bonds is 10. The standard InChI is InChI=1S/C48H56N8O6/c1-25(2)41(53-47(59)61-7)45(57)55-23-27(5)17-39(55)43-49-35-15-13-33(21-37(35)51-43)31-11-9-30-20-32(12-10-29(30)19-31)34-14-16-36-38(22-34)52-44(50-36)40-18-28(6)24-56(40)46(58)42(26(3)4)54-48(60)62-8/h9-16,19-22,25-28,39-42H,17-18,23-24H2,1-8H3,(H,49,51)(H,50,52)(H,53,59)(H,54,60)/t27-,28-,39-,40-,41-,42-/m0/s1. The number of H-pyrrole nitrogens is 2. The number of benzene rings is 4. The van der Waals surface area contributed by atoms with Gasteiger partial charge < -0.3 is 39.9 Å². The van der Waals surface area contributed by atoms with E-state index >= 15 is 0 Å². The number of carbonyl (C=O) groups excluding carboxylic acids is 4. The quantitative estimate of drug-likeness (QED) is 0.106. The van der Waals surface area contributed by atoms with Crippen LogP contribution in [0.3, 0.4) is 0 Å². The van der Waals surface area contributed by atoms with Crippen LogP contribution in [0.25, 0.3) is 55.1 Å². The molecule has 6 aromatic rings. The number of hydrogen-bond acceptors (Lipinski definition) is 8. The van der Waals surface area contributed by atoms with Crippen LogP contribution in [0.2, 0.25) is 0 Å². The molecule has 2 saturated heterocycles. The summed E-state index contributed by atoms with van der Waals surface area (Å²) in [5.74, 6) is 1.51. The number of alkyl carbamates (subject to hydrolysis) is 2. The number of methoxy groups -OCH3 is 2. The van der Waals surface area contributed by atoms with Gasteiger partial charge in [0.1, 0.15) is 23.7 Å². The first kappa shape index (κ1) is 42.3. The van der Waals surface area contributed by atoms with Crippen LogP contribution in [-0.4, -0.2) is 93.1 Å². The summed E-state index contributed by atoms with van der Waals surface area (Å²) in [6, 6.07) is 23.5. The molecule has 62 heavy (non-hydrogen) atoms. The Balaban J connectivity index is 1.01. The van der Waals surface area contributed by atoms with Crippen molar-refractivity contribution in [1.29, 1.82) is 0 Å². The summed E-state index contributed by atoms with van der Waals surface area (Å²) >= 11 is 0. The van der Waals surface area contributed by atoms with Crippen LogP contribution in [0.15, 0.2) is 72.8 Å². The topological polar surface area (TPSA) is 175 Å². The minimum absolute atomic E-state index is 0.118. The molecule has 2 aliphatic heterocycles. The van der Waals surface area contributed by atoms with Gasteiger partial charge in [-0.2, -0.15) is 0 Å². The molecule has 0 bridgehead atoms. The number of nitrogens with one attached hydrogen (secondary N) is 4. The highest BCUT2D eigenvalue weighted by Crippen LogP contribution is 2.38. The van der Waals surface area contributed by atoms with Gasteiger partial charge in [-0.3, -0.25) is 9.59 Å². The van der Waals surface area contributed by atoms with E-state index in [0.717, 1.165) is 79.6 Å². The average Bonchev–Trinajstić information content (AvgIpc) is 4.07. The maximum atomic E-state index is 13.8. The van der Waals surface area contributed by atoms with Gasteiger partial charge in [-0.1, -0.05) is 77.9 Å². The van der Waals surface area contributed by atoms with Crippen molar-refractivity contribution in [1.82, 2.24) is 40.4 Å². The van der Waals surface area contributed by atoms with E-state index in [2.05, 4.69) is 95.1 Å². The smallest absolute Gasteiger partial charge is 0.407 e. The molecule has 14 heteroatoms. The summed E-state index contributed by atoms with van der Waals surface area (Å²) < 4.78 is 9.61. The zero-order valence-corrected chi connectivity index (χ0v) is 36.6. The van der Waals surface area contributed by atoms with Crippen LogP contribution in [0.4, 0.5) is 9.59 Å².